The molecule has 4 heterocycles. The third-order valence-corrected chi connectivity index (χ3v) is 6.28. The molecule has 0 bridgehead atoms. The van der Waals surface area contributed by atoms with E-state index in [-0.39, 0.29) is 30.4 Å². The molecule has 1 unspecified atom stereocenters. The van der Waals surface area contributed by atoms with Gasteiger partial charge in [0.05, 0.1) is 12.7 Å². The molecule has 2 saturated heterocycles. The second-order valence-corrected chi connectivity index (χ2v) is 9.20. The summed E-state index contributed by atoms with van der Waals surface area (Å²) in [5, 5.41) is 7.13. The number of hydrogen-bond acceptors (Lipinski definition) is 6. The number of pyridine rings is 1. The second kappa shape index (κ2) is 10.9. The zero-order chi connectivity index (χ0) is 23.2. The van der Waals surface area contributed by atoms with Crippen molar-refractivity contribution in [2.75, 3.05) is 39.4 Å². The Balaban J connectivity index is 1.49. The van der Waals surface area contributed by atoms with Crippen LogP contribution in [0.25, 0.3) is 0 Å². The average molecular weight is 456 g/mol. The van der Waals surface area contributed by atoms with E-state index in [0.717, 1.165) is 37.3 Å². The van der Waals surface area contributed by atoms with Crippen LogP contribution in [0.2, 0.25) is 0 Å². The Morgan fingerprint density at radius 2 is 2.12 bits per heavy atom. The lowest BCUT2D eigenvalue weighted by Gasteiger charge is -2.30. The first-order valence-electron chi connectivity index (χ1n) is 11.7. The normalized spacial score (nSPS) is 20.3. The fourth-order valence-corrected chi connectivity index (χ4v) is 4.26. The van der Waals surface area contributed by atoms with Crippen molar-refractivity contribution in [3.63, 3.8) is 0 Å². The molecule has 2 aromatic rings. The van der Waals surface area contributed by atoms with Gasteiger partial charge in [-0.1, -0.05) is 19.9 Å². The SMILES string of the molecule is CC(C)c1cc(C(=O)N2CC(=O)N(CC3CCOCC3)CC(OCc3cccnc3)C2)n[nH]1. The molecule has 2 amide bonds. The topological polar surface area (TPSA) is 101 Å². The van der Waals surface area contributed by atoms with E-state index >= 15 is 0 Å². The number of amides is 2. The minimum absolute atomic E-state index is 0.0265. The lowest BCUT2D eigenvalue weighted by Crippen LogP contribution is -2.42. The summed E-state index contributed by atoms with van der Waals surface area (Å²) in [6.45, 7) is 7.39. The molecule has 2 aromatic heterocycles. The fraction of sp³-hybridized carbons (Fsp3) is 0.583. The highest BCUT2D eigenvalue weighted by Gasteiger charge is 2.33. The Morgan fingerprint density at radius 1 is 1.30 bits per heavy atom. The maximum absolute atomic E-state index is 13.2. The van der Waals surface area contributed by atoms with Crippen molar-refractivity contribution < 1.29 is 19.1 Å². The molecule has 178 valence electrons. The van der Waals surface area contributed by atoms with Crippen molar-refractivity contribution in [3.8, 4) is 0 Å². The molecule has 0 saturated carbocycles. The summed E-state index contributed by atoms with van der Waals surface area (Å²) >= 11 is 0. The molecule has 0 aromatic carbocycles. The number of ether oxygens (including phenoxy) is 2. The zero-order valence-corrected chi connectivity index (χ0v) is 19.4. The molecule has 9 nitrogen and oxygen atoms in total. The van der Waals surface area contributed by atoms with Crippen LogP contribution in [-0.2, 0) is 20.9 Å². The molecule has 2 aliphatic heterocycles. The Morgan fingerprint density at radius 3 is 2.82 bits per heavy atom. The molecule has 0 aliphatic carbocycles. The molecular formula is C24H33N5O4. The lowest BCUT2D eigenvalue weighted by molar-refractivity contribution is -0.132. The molecule has 1 atom stereocenters. The van der Waals surface area contributed by atoms with Gasteiger partial charge in [0.1, 0.15) is 12.2 Å². The van der Waals surface area contributed by atoms with Crippen molar-refractivity contribution in [1.29, 1.82) is 0 Å². The third-order valence-electron chi connectivity index (χ3n) is 6.28. The van der Waals surface area contributed by atoms with Crippen LogP contribution in [0.1, 0.15) is 54.4 Å². The van der Waals surface area contributed by atoms with E-state index < -0.39 is 0 Å². The van der Waals surface area contributed by atoms with E-state index in [0.29, 0.717) is 37.9 Å². The lowest BCUT2D eigenvalue weighted by atomic mass is 9.99. The summed E-state index contributed by atoms with van der Waals surface area (Å²) in [4.78, 5) is 34.0. The molecule has 1 N–H and O–H groups in total. The van der Waals surface area contributed by atoms with Crippen LogP contribution in [0.3, 0.4) is 0 Å². The number of carbonyl (C=O) groups excluding carboxylic acids is 2. The molecule has 0 radical (unpaired) electrons. The number of aromatic amines is 1. The molecule has 33 heavy (non-hydrogen) atoms. The zero-order valence-electron chi connectivity index (χ0n) is 19.4. The number of nitrogens with one attached hydrogen (secondary N) is 1. The van der Waals surface area contributed by atoms with Gasteiger partial charge in [-0.2, -0.15) is 5.10 Å². The van der Waals surface area contributed by atoms with Crippen LogP contribution in [0.15, 0.2) is 30.6 Å². The predicted octanol–water partition coefficient (Wildman–Crippen LogP) is 2.22. The van der Waals surface area contributed by atoms with E-state index in [9.17, 15) is 9.59 Å². The van der Waals surface area contributed by atoms with Gasteiger partial charge in [0.25, 0.3) is 5.91 Å². The van der Waals surface area contributed by atoms with Crippen LogP contribution in [0.5, 0.6) is 0 Å². The summed E-state index contributed by atoms with van der Waals surface area (Å²) in [5.74, 6) is 0.329. The van der Waals surface area contributed by atoms with Crippen LogP contribution in [0.4, 0.5) is 0 Å². The van der Waals surface area contributed by atoms with Crippen LogP contribution in [0, 0.1) is 5.92 Å². The summed E-state index contributed by atoms with van der Waals surface area (Å²) in [5.41, 5.74) is 2.18. The first kappa shape index (κ1) is 23.4. The van der Waals surface area contributed by atoms with Gasteiger partial charge in [0.2, 0.25) is 5.91 Å². The monoisotopic (exact) mass is 455 g/mol. The van der Waals surface area contributed by atoms with Crippen molar-refractivity contribution >= 4 is 11.8 Å². The Hall–Kier alpha value is -2.78. The van der Waals surface area contributed by atoms with Gasteiger partial charge in [-0.15, -0.1) is 0 Å². The van der Waals surface area contributed by atoms with Gasteiger partial charge in [-0.05, 0) is 42.4 Å². The van der Waals surface area contributed by atoms with Crippen LogP contribution < -0.4 is 0 Å². The highest BCUT2D eigenvalue weighted by molar-refractivity contribution is 5.95. The van der Waals surface area contributed by atoms with E-state index in [2.05, 4.69) is 15.2 Å². The maximum atomic E-state index is 13.2. The van der Waals surface area contributed by atoms with Crippen molar-refractivity contribution in [1.82, 2.24) is 25.0 Å². The third kappa shape index (κ3) is 6.17. The van der Waals surface area contributed by atoms with E-state index in [1.165, 1.54) is 0 Å². The van der Waals surface area contributed by atoms with Gasteiger partial charge in [0, 0.05) is 50.9 Å². The van der Waals surface area contributed by atoms with Crippen molar-refractivity contribution in [2.45, 2.75) is 45.3 Å². The second-order valence-electron chi connectivity index (χ2n) is 9.20. The summed E-state index contributed by atoms with van der Waals surface area (Å²) in [7, 11) is 0. The standard InChI is InChI=1S/C24H33N5O4/c1-17(2)21-10-22(27-26-21)24(31)29-14-20(33-16-19-4-3-7-25-11-19)13-28(23(30)15-29)12-18-5-8-32-9-6-18/h3-4,7,10-11,17-18,20H,5-6,8-9,12-16H2,1-2H3,(H,26,27). The maximum Gasteiger partial charge on any atom is 0.274 e. The highest BCUT2D eigenvalue weighted by atomic mass is 16.5. The minimum atomic E-state index is -0.302. The van der Waals surface area contributed by atoms with Gasteiger partial charge < -0.3 is 19.3 Å². The first-order valence-corrected chi connectivity index (χ1v) is 11.7. The molecule has 2 aliphatic rings. The van der Waals surface area contributed by atoms with E-state index in [1.807, 2.05) is 30.9 Å². The number of hydrogen-bond donors (Lipinski definition) is 1. The van der Waals surface area contributed by atoms with E-state index in [4.69, 9.17) is 9.47 Å². The first-order chi connectivity index (χ1) is 16.0. The van der Waals surface area contributed by atoms with Gasteiger partial charge in [-0.3, -0.25) is 19.7 Å². The van der Waals surface area contributed by atoms with Crippen LogP contribution >= 0.6 is 0 Å². The summed E-state index contributed by atoms with van der Waals surface area (Å²) in [6.07, 6.45) is 5.07. The van der Waals surface area contributed by atoms with E-state index in [1.54, 1.807) is 23.4 Å². The van der Waals surface area contributed by atoms with Gasteiger partial charge >= 0.3 is 0 Å². The highest BCUT2D eigenvalue weighted by Crippen LogP contribution is 2.20. The van der Waals surface area contributed by atoms with Gasteiger partial charge in [0.15, 0.2) is 0 Å². The molecular weight excluding hydrogens is 422 g/mol. The largest absolute Gasteiger partial charge is 0.381 e. The Labute approximate surface area is 194 Å². The van der Waals surface area contributed by atoms with Crippen LogP contribution in [-0.4, -0.2) is 82.3 Å². The Bertz CT molecular complexity index is 926. The number of aromatic nitrogens is 3. The number of carbonyl (C=O) groups is 2. The number of rotatable bonds is 7. The smallest absolute Gasteiger partial charge is 0.274 e. The number of nitrogens with zero attached hydrogens (tertiary/aromatic N) is 4. The minimum Gasteiger partial charge on any atom is -0.381 e. The van der Waals surface area contributed by atoms with Crippen molar-refractivity contribution in [2.24, 2.45) is 5.92 Å². The molecule has 2 fully saturated rings. The quantitative estimate of drug-likeness (QED) is 0.687. The summed E-state index contributed by atoms with van der Waals surface area (Å²) < 4.78 is 11.7. The predicted molar refractivity (Wildman–Crippen MR) is 122 cm³/mol. The van der Waals surface area contributed by atoms with Gasteiger partial charge in [-0.25, -0.2) is 0 Å². The van der Waals surface area contributed by atoms with Crippen molar-refractivity contribution in [3.05, 3.63) is 47.5 Å². The summed E-state index contributed by atoms with van der Waals surface area (Å²) in [6, 6.07) is 5.59. The average Bonchev–Trinajstić information content (AvgIpc) is 3.27. The molecule has 9 heteroatoms. The Kier molecular flexibility index (Phi) is 7.72. The molecule has 0 spiro atoms. The molecule has 4 rings (SSSR count). The fourth-order valence-electron chi connectivity index (χ4n) is 4.26. The number of H-pyrrole nitrogens is 1.